The van der Waals surface area contributed by atoms with Gasteiger partial charge in [-0.05, 0) is 44.5 Å². The molecule has 0 aliphatic rings. The Balaban J connectivity index is 2.43. The van der Waals surface area contributed by atoms with Crippen molar-refractivity contribution >= 4 is 23.0 Å². The first-order valence-corrected chi connectivity index (χ1v) is 6.30. The van der Waals surface area contributed by atoms with E-state index in [2.05, 4.69) is 16.4 Å². The molecule has 0 aliphatic heterocycles. The second-order valence-electron chi connectivity index (χ2n) is 4.47. The summed E-state index contributed by atoms with van der Waals surface area (Å²) in [6.45, 7) is 5.69. The van der Waals surface area contributed by atoms with Crippen LogP contribution in [0, 0.1) is 32.1 Å². The SMILES string of the molecule is Cc1cc(Nc2ccc(C)c(Cl)c2)c(C#N)c(C)n1. The van der Waals surface area contributed by atoms with E-state index in [1.54, 1.807) is 0 Å². The van der Waals surface area contributed by atoms with Crippen LogP contribution in [0.2, 0.25) is 5.02 Å². The Morgan fingerprint density at radius 3 is 2.58 bits per heavy atom. The van der Waals surface area contributed by atoms with Gasteiger partial charge in [-0.1, -0.05) is 17.7 Å². The number of halogens is 1. The van der Waals surface area contributed by atoms with Crippen LogP contribution in [0.25, 0.3) is 0 Å². The summed E-state index contributed by atoms with van der Waals surface area (Å²) in [4.78, 5) is 4.29. The summed E-state index contributed by atoms with van der Waals surface area (Å²) in [7, 11) is 0. The molecule has 0 fully saturated rings. The highest BCUT2D eigenvalue weighted by Gasteiger charge is 2.08. The number of hydrogen-bond donors (Lipinski definition) is 1. The number of nitrogens with one attached hydrogen (secondary N) is 1. The maximum absolute atomic E-state index is 9.21. The normalized spacial score (nSPS) is 10.1. The fourth-order valence-corrected chi connectivity index (χ4v) is 2.08. The molecule has 96 valence electrons. The summed E-state index contributed by atoms with van der Waals surface area (Å²) >= 11 is 6.10. The summed E-state index contributed by atoms with van der Waals surface area (Å²) in [6, 6.07) is 9.77. The largest absolute Gasteiger partial charge is 0.354 e. The summed E-state index contributed by atoms with van der Waals surface area (Å²) < 4.78 is 0. The Hall–Kier alpha value is -2.05. The van der Waals surface area contributed by atoms with Crippen molar-refractivity contribution in [3.05, 3.63) is 51.8 Å². The molecule has 1 aromatic carbocycles. The van der Waals surface area contributed by atoms with Gasteiger partial charge in [0.15, 0.2) is 0 Å². The lowest BCUT2D eigenvalue weighted by atomic mass is 10.1. The standard InChI is InChI=1S/C15H14ClN3/c1-9-4-5-12(7-14(9)16)19-15-6-10(2)18-11(3)13(15)8-17/h4-7H,1-3H3,(H,18,19). The lowest BCUT2D eigenvalue weighted by Gasteiger charge is -2.11. The van der Waals surface area contributed by atoms with Crippen molar-refractivity contribution in [2.75, 3.05) is 5.32 Å². The summed E-state index contributed by atoms with van der Waals surface area (Å²) in [5.41, 5.74) is 4.79. The molecule has 4 heteroatoms. The number of aryl methyl sites for hydroxylation is 3. The number of nitriles is 1. The summed E-state index contributed by atoms with van der Waals surface area (Å²) in [5, 5.41) is 13.1. The van der Waals surface area contributed by atoms with Crippen LogP contribution in [0.4, 0.5) is 11.4 Å². The molecule has 1 heterocycles. The maximum Gasteiger partial charge on any atom is 0.103 e. The topological polar surface area (TPSA) is 48.7 Å². The number of aromatic nitrogens is 1. The van der Waals surface area contributed by atoms with E-state index in [1.807, 2.05) is 45.0 Å². The van der Waals surface area contributed by atoms with Crippen LogP contribution in [-0.4, -0.2) is 4.98 Å². The van der Waals surface area contributed by atoms with Crippen molar-refractivity contribution in [2.45, 2.75) is 20.8 Å². The molecule has 0 spiro atoms. The number of hydrogen-bond acceptors (Lipinski definition) is 3. The molecule has 0 aliphatic carbocycles. The maximum atomic E-state index is 9.21. The Bertz CT molecular complexity index is 672. The molecule has 0 unspecified atom stereocenters. The highest BCUT2D eigenvalue weighted by atomic mass is 35.5. The zero-order chi connectivity index (χ0) is 14.0. The van der Waals surface area contributed by atoms with Gasteiger partial charge in [0.2, 0.25) is 0 Å². The van der Waals surface area contributed by atoms with Crippen molar-refractivity contribution in [2.24, 2.45) is 0 Å². The lowest BCUT2D eigenvalue weighted by molar-refractivity contribution is 1.11. The van der Waals surface area contributed by atoms with Gasteiger partial charge in [0.05, 0.1) is 16.9 Å². The molecule has 1 aromatic heterocycles. The highest BCUT2D eigenvalue weighted by Crippen LogP contribution is 2.26. The third-order valence-electron chi connectivity index (χ3n) is 2.89. The van der Waals surface area contributed by atoms with Gasteiger partial charge < -0.3 is 5.32 Å². The van der Waals surface area contributed by atoms with Crippen LogP contribution < -0.4 is 5.32 Å². The minimum Gasteiger partial charge on any atom is -0.354 e. The van der Waals surface area contributed by atoms with Gasteiger partial charge in [0, 0.05) is 16.4 Å². The molecular weight excluding hydrogens is 258 g/mol. The average molecular weight is 272 g/mol. The third-order valence-corrected chi connectivity index (χ3v) is 3.30. The van der Waals surface area contributed by atoms with Gasteiger partial charge in [0.25, 0.3) is 0 Å². The second-order valence-corrected chi connectivity index (χ2v) is 4.88. The molecule has 0 bridgehead atoms. The predicted octanol–water partition coefficient (Wildman–Crippen LogP) is 4.28. The van der Waals surface area contributed by atoms with Crippen LogP contribution >= 0.6 is 11.6 Å². The van der Waals surface area contributed by atoms with Crippen molar-refractivity contribution in [1.82, 2.24) is 4.98 Å². The van der Waals surface area contributed by atoms with Crippen LogP contribution in [0.5, 0.6) is 0 Å². The fraction of sp³-hybridized carbons (Fsp3) is 0.200. The van der Waals surface area contributed by atoms with Crippen LogP contribution in [0.15, 0.2) is 24.3 Å². The Labute approximate surface area is 117 Å². The Morgan fingerprint density at radius 2 is 1.95 bits per heavy atom. The Morgan fingerprint density at radius 1 is 1.21 bits per heavy atom. The molecular formula is C15H14ClN3. The number of pyridine rings is 1. The van der Waals surface area contributed by atoms with Gasteiger partial charge in [0.1, 0.15) is 6.07 Å². The Kier molecular flexibility index (Phi) is 3.73. The molecule has 0 atom stereocenters. The van der Waals surface area contributed by atoms with E-state index < -0.39 is 0 Å². The molecule has 0 amide bonds. The minimum absolute atomic E-state index is 0.558. The molecule has 19 heavy (non-hydrogen) atoms. The molecule has 0 saturated carbocycles. The molecule has 2 rings (SSSR count). The van der Waals surface area contributed by atoms with Gasteiger partial charge in [-0.25, -0.2) is 0 Å². The lowest BCUT2D eigenvalue weighted by Crippen LogP contribution is -1.99. The zero-order valence-corrected chi connectivity index (χ0v) is 11.8. The first-order valence-electron chi connectivity index (χ1n) is 5.93. The number of nitrogens with zero attached hydrogens (tertiary/aromatic N) is 2. The van der Waals surface area contributed by atoms with Crippen molar-refractivity contribution in [3.8, 4) is 6.07 Å². The van der Waals surface area contributed by atoms with E-state index in [0.717, 1.165) is 28.3 Å². The van der Waals surface area contributed by atoms with Crippen molar-refractivity contribution in [1.29, 1.82) is 5.26 Å². The molecule has 3 nitrogen and oxygen atoms in total. The van der Waals surface area contributed by atoms with Gasteiger partial charge >= 0.3 is 0 Å². The van der Waals surface area contributed by atoms with Crippen LogP contribution in [0.1, 0.15) is 22.5 Å². The van der Waals surface area contributed by atoms with Crippen LogP contribution in [-0.2, 0) is 0 Å². The van der Waals surface area contributed by atoms with Crippen molar-refractivity contribution in [3.63, 3.8) is 0 Å². The van der Waals surface area contributed by atoms with E-state index in [1.165, 1.54) is 0 Å². The van der Waals surface area contributed by atoms with Crippen molar-refractivity contribution < 1.29 is 0 Å². The smallest absolute Gasteiger partial charge is 0.103 e. The third kappa shape index (κ3) is 2.86. The van der Waals surface area contributed by atoms with E-state index in [-0.39, 0.29) is 0 Å². The first kappa shape index (κ1) is 13.4. The van der Waals surface area contributed by atoms with Crippen LogP contribution in [0.3, 0.4) is 0 Å². The van der Waals surface area contributed by atoms with Gasteiger partial charge in [-0.15, -0.1) is 0 Å². The van der Waals surface area contributed by atoms with Gasteiger partial charge in [-0.2, -0.15) is 5.26 Å². The summed E-state index contributed by atoms with van der Waals surface area (Å²) in [6.07, 6.45) is 0. The predicted molar refractivity (Wildman–Crippen MR) is 77.9 cm³/mol. The monoisotopic (exact) mass is 271 g/mol. The number of benzene rings is 1. The molecule has 0 saturated heterocycles. The average Bonchev–Trinajstić information content (AvgIpc) is 2.33. The van der Waals surface area contributed by atoms with E-state index in [9.17, 15) is 5.26 Å². The fourth-order valence-electron chi connectivity index (χ4n) is 1.89. The zero-order valence-electron chi connectivity index (χ0n) is 11.1. The highest BCUT2D eigenvalue weighted by molar-refractivity contribution is 6.31. The number of rotatable bonds is 2. The molecule has 0 radical (unpaired) electrons. The quantitative estimate of drug-likeness (QED) is 0.887. The minimum atomic E-state index is 0.558. The van der Waals surface area contributed by atoms with Gasteiger partial charge in [-0.3, -0.25) is 4.98 Å². The van der Waals surface area contributed by atoms with E-state index in [4.69, 9.17) is 11.6 Å². The second kappa shape index (κ2) is 5.29. The van der Waals surface area contributed by atoms with E-state index in [0.29, 0.717) is 10.6 Å². The number of anilines is 2. The molecule has 2 aromatic rings. The summed E-state index contributed by atoms with van der Waals surface area (Å²) in [5.74, 6) is 0. The molecule has 1 N–H and O–H groups in total. The first-order chi connectivity index (χ1) is 9.01. The van der Waals surface area contributed by atoms with E-state index >= 15 is 0 Å².